The van der Waals surface area contributed by atoms with Crippen molar-refractivity contribution in [1.29, 1.82) is 0 Å². The van der Waals surface area contributed by atoms with Crippen molar-refractivity contribution in [1.82, 2.24) is 5.32 Å². The maximum atomic E-state index is 11.9. The SMILES string of the molecule is Cc1cc(NC(=O)NC(C)(C)CCC(=O)O)ccc1[N+](=O)[O-]. The molecule has 0 atom stereocenters. The molecule has 1 aromatic carbocycles. The van der Waals surface area contributed by atoms with Crippen molar-refractivity contribution in [3.05, 3.63) is 33.9 Å². The molecule has 0 aliphatic rings. The largest absolute Gasteiger partial charge is 0.481 e. The second kappa shape index (κ2) is 6.88. The van der Waals surface area contributed by atoms with E-state index in [0.29, 0.717) is 11.3 Å². The smallest absolute Gasteiger partial charge is 0.319 e. The molecule has 8 nitrogen and oxygen atoms in total. The first-order valence-electron chi connectivity index (χ1n) is 6.67. The van der Waals surface area contributed by atoms with Crippen LogP contribution < -0.4 is 10.6 Å². The molecule has 22 heavy (non-hydrogen) atoms. The van der Waals surface area contributed by atoms with Gasteiger partial charge >= 0.3 is 12.0 Å². The Balaban J connectivity index is 2.67. The second-order valence-corrected chi connectivity index (χ2v) is 5.62. The summed E-state index contributed by atoms with van der Waals surface area (Å²) in [5.41, 5.74) is 0.161. The van der Waals surface area contributed by atoms with Crippen LogP contribution in [-0.2, 0) is 4.79 Å². The van der Waals surface area contributed by atoms with Gasteiger partial charge in [-0.25, -0.2) is 4.79 Å². The predicted octanol–water partition coefficient (Wildman–Crippen LogP) is 2.67. The van der Waals surface area contributed by atoms with Gasteiger partial charge in [-0.05, 0) is 39.3 Å². The van der Waals surface area contributed by atoms with Crippen LogP contribution in [0.1, 0.15) is 32.3 Å². The topological polar surface area (TPSA) is 122 Å². The minimum Gasteiger partial charge on any atom is -0.481 e. The van der Waals surface area contributed by atoms with Gasteiger partial charge in [-0.2, -0.15) is 0 Å². The summed E-state index contributed by atoms with van der Waals surface area (Å²) in [6.07, 6.45) is 0.235. The number of nitro benzene ring substituents is 1. The molecular formula is C14H19N3O5. The fraction of sp³-hybridized carbons (Fsp3) is 0.429. The number of hydrogen-bond donors (Lipinski definition) is 3. The van der Waals surface area contributed by atoms with Crippen LogP contribution in [0.25, 0.3) is 0 Å². The van der Waals surface area contributed by atoms with Gasteiger partial charge in [-0.3, -0.25) is 14.9 Å². The fourth-order valence-corrected chi connectivity index (χ4v) is 1.89. The number of carbonyl (C=O) groups is 2. The minimum atomic E-state index is -0.929. The highest BCUT2D eigenvalue weighted by Gasteiger charge is 2.21. The van der Waals surface area contributed by atoms with Gasteiger partial charge in [0.15, 0.2) is 0 Å². The van der Waals surface area contributed by atoms with Crippen molar-refractivity contribution in [2.45, 2.75) is 39.2 Å². The molecule has 0 fully saturated rings. The van der Waals surface area contributed by atoms with E-state index in [2.05, 4.69) is 10.6 Å². The van der Waals surface area contributed by atoms with E-state index in [0.717, 1.165) is 0 Å². The molecule has 1 rings (SSSR count). The number of carboxylic acid groups (broad SMARTS) is 1. The number of urea groups is 1. The van der Waals surface area contributed by atoms with Gasteiger partial charge in [0.2, 0.25) is 0 Å². The lowest BCUT2D eigenvalue weighted by Crippen LogP contribution is -2.45. The molecule has 0 aliphatic heterocycles. The summed E-state index contributed by atoms with van der Waals surface area (Å²) >= 11 is 0. The normalized spacial score (nSPS) is 10.9. The summed E-state index contributed by atoms with van der Waals surface area (Å²) in [6, 6.07) is 3.76. The van der Waals surface area contributed by atoms with E-state index >= 15 is 0 Å². The molecule has 0 aromatic heterocycles. The van der Waals surface area contributed by atoms with Gasteiger partial charge in [0.25, 0.3) is 5.69 Å². The Morgan fingerprint density at radius 1 is 1.36 bits per heavy atom. The molecule has 0 bridgehead atoms. The number of anilines is 1. The van der Waals surface area contributed by atoms with E-state index in [1.54, 1.807) is 20.8 Å². The summed E-state index contributed by atoms with van der Waals surface area (Å²) in [6.45, 7) is 5.02. The van der Waals surface area contributed by atoms with E-state index < -0.39 is 22.5 Å². The summed E-state index contributed by atoms with van der Waals surface area (Å²) in [4.78, 5) is 32.7. The van der Waals surface area contributed by atoms with Crippen molar-refractivity contribution < 1.29 is 19.6 Å². The molecule has 8 heteroatoms. The quantitative estimate of drug-likeness (QED) is 0.551. The monoisotopic (exact) mass is 309 g/mol. The fourth-order valence-electron chi connectivity index (χ4n) is 1.89. The number of aliphatic carboxylic acids is 1. The lowest BCUT2D eigenvalue weighted by molar-refractivity contribution is -0.385. The third-order valence-corrected chi connectivity index (χ3v) is 3.07. The highest BCUT2D eigenvalue weighted by atomic mass is 16.6. The molecule has 3 N–H and O–H groups in total. The van der Waals surface area contributed by atoms with Gasteiger partial charge in [0.1, 0.15) is 0 Å². The van der Waals surface area contributed by atoms with Crippen molar-refractivity contribution in [3.63, 3.8) is 0 Å². The molecule has 120 valence electrons. The first kappa shape index (κ1) is 17.4. The Morgan fingerprint density at radius 2 is 2.00 bits per heavy atom. The Bertz CT molecular complexity index is 598. The number of nitrogens with one attached hydrogen (secondary N) is 2. The van der Waals surface area contributed by atoms with Crippen molar-refractivity contribution in [2.75, 3.05) is 5.32 Å². The molecule has 0 saturated heterocycles. The van der Waals surface area contributed by atoms with Gasteiger partial charge in [-0.1, -0.05) is 0 Å². The van der Waals surface area contributed by atoms with Crippen LogP contribution >= 0.6 is 0 Å². The average molecular weight is 309 g/mol. The zero-order valence-electron chi connectivity index (χ0n) is 12.7. The van der Waals surface area contributed by atoms with Crippen molar-refractivity contribution in [3.8, 4) is 0 Å². The minimum absolute atomic E-state index is 0.0206. The molecule has 0 aliphatic carbocycles. The van der Waals surface area contributed by atoms with Crippen LogP contribution in [0, 0.1) is 17.0 Å². The molecule has 0 saturated carbocycles. The predicted molar refractivity (Wildman–Crippen MR) is 80.9 cm³/mol. The number of nitro groups is 1. The van der Waals surface area contributed by atoms with E-state index in [-0.39, 0.29) is 18.5 Å². The van der Waals surface area contributed by atoms with E-state index in [1.165, 1.54) is 18.2 Å². The lowest BCUT2D eigenvalue weighted by Gasteiger charge is -2.25. The summed E-state index contributed by atoms with van der Waals surface area (Å²) in [7, 11) is 0. The van der Waals surface area contributed by atoms with Gasteiger partial charge < -0.3 is 15.7 Å². The highest BCUT2D eigenvalue weighted by Crippen LogP contribution is 2.21. The van der Waals surface area contributed by atoms with E-state index in [9.17, 15) is 19.7 Å². The zero-order chi connectivity index (χ0) is 16.9. The Kier molecular flexibility index (Phi) is 5.44. The molecule has 0 unspecified atom stereocenters. The van der Waals surface area contributed by atoms with E-state index in [4.69, 9.17) is 5.11 Å². The Morgan fingerprint density at radius 3 is 2.50 bits per heavy atom. The van der Waals surface area contributed by atoms with Crippen LogP contribution in [0.5, 0.6) is 0 Å². The molecule has 0 heterocycles. The number of aryl methyl sites for hydroxylation is 1. The van der Waals surface area contributed by atoms with Gasteiger partial charge in [0.05, 0.1) is 4.92 Å². The number of nitrogens with zero attached hydrogens (tertiary/aromatic N) is 1. The Labute approximate surface area is 127 Å². The van der Waals surface area contributed by atoms with Crippen LogP contribution in [0.4, 0.5) is 16.2 Å². The number of hydrogen-bond acceptors (Lipinski definition) is 4. The van der Waals surface area contributed by atoms with Crippen molar-refractivity contribution >= 4 is 23.4 Å². The van der Waals surface area contributed by atoms with Crippen LogP contribution in [0.15, 0.2) is 18.2 Å². The molecular weight excluding hydrogens is 290 g/mol. The first-order chi connectivity index (χ1) is 10.1. The summed E-state index contributed by atoms with van der Waals surface area (Å²) < 4.78 is 0. The third-order valence-electron chi connectivity index (χ3n) is 3.07. The maximum absolute atomic E-state index is 11.9. The standard InChI is InChI=1S/C14H19N3O5/c1-9-8-10(4-5-11(9)17(21)22)15-13(20)16-14(2,3)7-6-12(18)19/h4-5,8H,6-7H2,1-3H3,(H,18,19)(H2,15,16,20). The average Bonchev–Trinajstić information content (AvgIpc) is 2.35. The lowest BCUT2D eigenvalue weighted by atomic mass is 9.99. The van der Waals surface area contributed by atoms with Crippen LogP contribution in [0.3, 0.4) is 0 Å². The van der Waals surface area contributed by atoms with Gasteiger partial charge in [-0.15, -0.1) is 0 Å². The number of amides is 2. The molecule has 1 aromatic rings. The first-order valence-corrected chi connectivity index (χ1v) is 6.67. The molecule has 0 radical (unpaired) electrons. The van der Waals surface area contributed by atoms with Crippen molar-refractivity contribution in [2.24, 2.45) is 0 Å². The number of carbonyl (C=O) groups excluding carboxylic acids is 1. The van der Waals surface area contributed by atoms with E-state index in [1.807, 2.05) is 0 Å². The molecule has 0 spiro atoms. The van der Waals surface area contributed by atoms with Crippen LogP contribution in [-0.4, -0.2) is 27.6 Å². The Hall–Kier alpha value is -2.64. The summed E-state index contributed by atoms with van der Waals surface area (Å²) in [5.74, 6) is -0.929. The number of carboxylic acids is 1. The van der Waals surface area contributed by atoms with Gasteiger partial charge in [0, 0.05) is 29.3 Å². The number of benzene rings is 1. The number of rotatable bonds is 6. The molecule has 2 amide bonds. The second-order valence-electron chi connectivity index (χ2n) is 5.62. The third kappa shape index (κ3) is 5.39. The highest BCUT2D eigenvalue weighted by molar-refractivity contribution is 5.90. The maximum Gasteiger partial charge on any atom is 0.319 e. The summed E-state index contributed by atoms with van der Waals surface area (Å²) in [5, 5.41) is 24.6. The van der Waals surface area contributed by atoms with Crippen LogP contribution in [0.2, 0.25) is 0 Å². The zero-order valence-corrected chi connectivity index (χ0v) is 12.7.